The van der Waals surface area contributed by atoms with Gasteiger partial charge in [-0.05, 0) is 35.6 Å². The minimum atomic E-state index is -3.96. The van der Waals surface area contributed by atoms with Crippen LogP contribution in [0.3, 0.4) is 0 Å². The van der Waals surface area contributed by atoms with E-state index in [2.05, 4.69) is 5.32 Å². The first-order valence-corrected chi connectivity index (χ1v) is 13.3. The zero-order valence-corrected chi connectivity index (χ0v) is 19.7. The number of rotatable bonds is 9. The molecule has 2 aromatic carbocycles. The number of sulfonamides is 1. The topological polar surface area (TPSA) is 110 Å². The van der Waals surface area contributed by atoms with Crippen LogP contribution in [0.1, 0.15) is 25.0 Å². The first-order valence-electron chi connectivity index (χ1n) is 10.1. The molecule has 1 N–H and O–H groups in total. The van der Waals surface area contributed by atoms with E-state index in [1.807, 2.05) is 13.8 Å². The summed E-state index contributed by atoms with van der Waals surface area (Å²) < 4.78 is 54.5. The molecule has 0 saturated heterocycles. The van der Waals surface area contributed by atoms with Crippen molar-refractivity contribution in [2.45, 2.75) is 20.3 Å². The molecule has 1 heterocycles. The summed E-state index contributed by atoms with van der Waals surface area (Å²) in [5.41, 5.74) is 1.39. The lowest BCUT2D eigenvalue weighted by molar-refractivity contribution is -0.122. The molecule has 1 aliphatic heterocycles. The molecule has 0 bridgehead atoms. The van der Waals surface area contributed by atoms with Gasteiger partial charge in [0.2, 0.25) is 0 Å². The van der Waals surface area contributed by atoms with Crippen LogP contribution in [0.25, 0.3) is 4.91 Å². The number of carbonyl (C=O) groups excluding carboxylic acids is 1. The Morgan fingerprint density at radius 3 is 2.22 bits per heavy atom. The molecule has 3 rings (SSSR count). The number of hydrogen-bond donors (Lipinski definition) is 1. The zero-order chi connectivity index (χ0) is 23.5. The number of amides is 1. The summed E-state index contributed by atoms with van der Waals surface area (Å²) in [4.78, 5) is 13.0. The smallest absolute Gasteiger partial charge is 0.306 e. The molecule has 8 nitrogen and oxygen atoms in total. The van der Waals surface area contributed by atoms with E-state index < -0.39 is 26.0 Å². The highest BCUT2D eigenvalue weighted by Crippen LogP contribution is 2.35. The van der Waals surface area contributed by atoms with Gasteiger partial charge in [0.1, 0.15) is 16.4 Å². The molecule has 0 saturated carbocycles. The van der Waals surface area contributed by atoms with Crippen molar-refractivity contribution in [1.29, 1.82) is 0 Å². The highest BCUT2D eigenvalue weighted by molar-refractivity contribution is 7.99. The maximum Gasteiger partial charge on any atom is 0.306 e. The lowest BCUT2D eigenvalue weighted by atomic mass is 10.1. The van der Waals surface area contributed by atoms with Gasteiger partial charge in [0.25, 0.3) is 15.9 Å². The van der Waals surface area contributed by atoms with Gasteiger partial charge in [-0.1, -0.05) is 56.3 Å². The predicted molar refractivity (Wildman–Crippen MR) is 122 cm³/mol. The fourth-order valence-electron chi connectivity index (χ4n) is 3.34. The van der Waals surface area contributed by atoms with Crippen molar-refractivity contribution in [3.8, 4) is 5.75 Å². The quantitative estimate of drug-likeness (QED) is 0.551. The van der Waals surface area contributed by atoms with Crippen molar-refractivity contribution in [1.82, 2.24) is 9.62 Å². The summed E-state index contributed by atoms with van der Waals surface area (Å²) in [6.45, 7) is 4.13. The fraction of sp³-hybridized carbons (Fsp3) is 0.318. The van der Waals surface area contributed by atoms with E-state index in [0.717, 1.165) is 16.1 Å². The SMILES string of the molecule is CC(C)CN1C(=O)C(NCCc2ccc(OS(C)(=O)=O)cc2)=C(c2ccccc2)S1(=O)=O. The lowest BCUT2D eigenvalue weighted by Gasteiger charge is -2.18. The Labute approximate surface area is 189 Å². The Balaban J connectivity index is 1.81. The van der Waals surface area contributed by atoms with Gasteiger partial charge in [-0.3, -0.25) is 4.79 Å². The first kappa shape index (κ1) is 23.8. The molecule has 0 radical (unpaired) electrons. The van der Waals surface area contributed by atoms with Crippen molar-refractivity contribution in [2.75, 3.05) is 19.3 Å². The van der Waals surface area contributed by atoms with Crippen molar-refractivity contribution >= 4 is 31.0 Å². The van der Waals surface area contributed by atoms with Crippen LogP contribution < -0.4 is 9.50 Å². The molecule has 32 heavy (non-hydrogen) atoms. The number of nitrogens with one attached hydrogen (secondary N) is 1. The molecule has 0 spiro atoms. The van der Waals surface area contributed by atoms with Crippen molar-refractivity contribution in [3.63, 3.8) is 0 Å². The highest BCUT2D eigenvalue weighted by Gasteiger charge is 2.44. The van der Waals surface area contributed by atoms with Crippen molar-refractivity contribution in [2.24, 2.45) is 5.92 Å². The summed E-state index contributed by atoms with van der Waals surface area (Å²) in [5.74, 6) is -0.369. The Bertz CT molecular complexity index is 1220. The van der Waals surface area contributed by atoms with E-state index in [1.54, 1.807) is 54.6 Å². The van der Waals surface area contributed by atoms with Crippen LogP contribution in [0.15, 0.2) is 60.3 Å². The summed E-state index contributed by atoms with van der Waals surface area (Å²) in [7, 11) is -7.56. The Kier molecular flexibility index (Phi) is 6.94. The number of benzene rings is 2. The molecular weight excluding hydrogens is 452 g/mol. The molecule has 0 atom stereocenters. The molecule has 2 aromatic rings. The van der Waals surface area contributed by atoms with E-state index in [1.165, 1.54) is 0 Å². The molecule has 0 aliphatic carbocycles. The second-order valence-corrected chi connectivity index (χ2v) is 11.3. The summed E-state index contributed by atoms with van der Waals surface area (Å²) in [6.07, 6.45) is 1.46. The van der Waals surface area contributed by atoms with Gasteiger partial charge in [-0.15, -0.1) is 0 Å². The monoisotopic (exact) mass is 478 g/mol. The molecule has 172 valence electrons. The van der Waals surface area contributed by atoms with Gasteiger partial charge in [-0.2, -0.15) is 8.42 Å². The van der Waals surface area contributed by atoms with Crippen LogP contribution in [0.2, 0.25) is 0 Å². The average Bonchev–Trinajstić information content (AvgIpc) is 2.88. The van der Waals surface area contributed by atoms with Crippen LogP contribution in [-0.2, 0) is 31.4 Å². The van der Waals surface area contributed by atoms with E-state index >= 15 is 0 Å². The standard InChI is InChI=1S/C22H26N2O6S2/c1-16(2)15-24-22(25)20(21(32(24,28)29)18-7-5-4-6-8-18)23-14-13-17-9-11-19(12-10-17)30-31(3,26)27/h4-12,16,23H,13-15H2,1-3H3. The van der Waals surface area contributed by atoms with Crippen LogP contribution in [0.5, 0.6) is 5.75 Å². The predicted octanol–water partition coefficient (Wildman–Crippen LogP) is 2.35. The van der Waals surface area contributed by atoms with E-state index in [9.17, 15) is 21.6 Å². The maximum absolute atomic E-state index is 13.2. The van der Waals surface area contributed by atoms with Crippen LogP contribution in [0.4, 0.5) is 0 Å². The van der Waals surface area contributed by atoms with E-state index in [0.29, 0.717) is 18.5 Å². The van der Waals surface area contributed by atoms with Crippen molar-refractivity contribution < 1.29 is 25.8 Å². The van der Waals surface area contributed by atoms with Gasteiger partial charge in [0.05, 0.1) is 6.26 Å². The highest BCUT2D eigenvalue weighted by atomic mass is 32.2. The Hall–Kier alpha value is -2.85. The minimum Gasteiger partial charge on any atom is -0.383 e. The second kappa shape index (κ2) is 9.33. The maximum atomic E-state index is 13.2. The summed E-state index contributed by atoms with van der Waals surface area (Å²) >= 11 is 0. The van der Waals surface area contributed by atoms with Gasteiger partial charge in [0.15, 0.2) is 0 Å². The molecule has 0 aromatic heterocycles. The third-order valence-corrected chi connectivity index (χ3v) is 7.01. The molecule has 1 amide bonds. The molecule has 0 unspecified atom stereocenters. The largest absolute Gasteiger partial charge is 0.383 e. The molecule has 1 aliphatic rings. The normalized spacial score (nSPS) is 16.0. The van der Waals surface area contributed by atoms with Crippen LogP contribution in [-0.4, -0.2) is 46.4 Å². The lowest BCUT2D eigenvalue weighted by Crippen LogP contribution is -2.36. The molecule has 0 fully saturated rings. The average molecular weight is 479 g/mol. The Morgan fingerprint density at radius 2 is 1.66 bits per heavy atom. The first-order chi connectivity index (χ1) is 15.0. The van der Waals surface area contributed by atoms with Gasteiger partial charge >= 0.3 is 10.1 Å². The Morgan fingerprint density at radius 1 is 1.03 bits per heavy atom. The second-order valence-electron chi connectivity index (χ2n) is 7.91. The van der Waals surface area contributed by atoms with Gasteiger partial charge < -0.3 is 9.50 Å². The zero-order valence-electron chi connectivity index (χ0n) is 18.1. The van der Waals surface area contributed by atoms with Gasteiger partial charge in [-0.25, -0.2) is 12.7 Å². The molecule has 10 heteroatoms. The number of hydrogen-bond acceptors (Lipinski definition) is 7. The number of nitrogens with zero attached hydrogens (tertiary/aromatic N) is 1. The van der Waals surface area contributed by atoms with Crippen LogP contribution in [0, 0.1) is 5.92 Å². The third-order valence-electron chi connectivity index (χ3n) is 4.67. The summed E-state index contributed by atoms with van der Waals surface area (Å²) in [5, 5.41) is 3.02. The number of carbonyl (C=O) groups is 1. The van der Waals surface area contributed by atoms with Crippen LogP contribution >= 0.6 is 0 Å². The van der Waals surface area contributed by atoms with Gasteiger partial charge in [0, 0.05) is 13.1 Å². The molecular formula is C22H26N2O6S2. The van der Waals surface area contributed by atoms with Crippen molar-refractivity contribution in [3.05, 3.63) is 71.4 Å². The summed E-state index contributed by atoms with van der Waals surface area (Å²) in [6, 6.07) is 15.1. The fourth-order valence-corrected chi connectivity index (χ4v) is 5.68. The minimum absolute atomic E-state index is 0.0133. The van der Waals surface area contributed by atoms with E-state index in [-0.39, 0.29) is 28.8 Å². The van der Waals surface area contributed by atoms with E-state index in [4.69, 9.17) is 4.18 Å². The third kappa shape index (κ3) is 5.49.